The smallest absolute Gasteiger partial charge is 0.354 e. The molecule has 1 N–H and O–H groups in total. The molecule has 2 heterocycles. The van der Waals surface area contributed by atoms with Crippen molar-refractivity contribution in [1.82, 2.24) is 14.9 Å². The number of ether oxygens (including phenoxy) is 2. The first kappa shape index (κ1) is 17.5. The zero-order valence-corrected chi connectivity index (χ0v) is 14.8. The van der Waals surface area contributed by atoms with Crippen molar-refractivity contribution in [2.24, 2.45) is 7.05 Å². The molecule has 0 aliphatic carbocycles. The summed E-state index contributed by atoms with van der Waals surface area (Å²) in [5, 5.41) is 3.38. The van der Waals surface area contributed by atoms with Gasteiger partial charge in [0.2, 0.25) is 0 Å². The van der Waals surface area contributed by atoms with E-state index in [2.05, 4.69) is 10.3 Å². The minimum Gasteiger partial charge on any atom is -0.461 e. The zero-order chi connectivity index (χ0) is 18.7. The highest BCUT2D eigenvalue weighted by atomic mass is 16.5. The largest absolute Gasteiger partial charge is 0.461 e. The minimum atomic E-state index is -0.386. The van der Waals surface area contributed by atoms with Gasteiger partial charge in [-0.05, 0) is 25.1 Å². The molecule has 0 atom stereocenters. The van der Waals surface area contributed by atoms with Crippen LogP contribution < -0.4 is 10.1 Å². The zero-order valence-electron chi connectivity index (χ0n) is 14.8. The van der Waals surface area contributed by atoms with Gasteiger partial charge in [-0.25, -0.2) is 4.79 Å². The summed E-state index contributed by atoms with van der Waals surface area (Å²) < 4.78 is 12.8. The summed E-state index contributed by atoms with van der Waals surface area (Å²) in [6.07, 6.45) is 1.51. The van der Waals surface area contributed by atoms with E-state index in [1.54, 1.807) is 49.9 Å². The van der Waals surface area contributed by atoms with Crippen LogP contribution in [0, 0.1) is 0 Å². The SMILES string of the molecule is CCOC(=O)c1cc2cccc(Oc3ccnc(C(=O)NC)c3)c2n1C. The average molecular weight is 353 g/mol. The second-order valence-corrected chi connectivity index (χ2v) is 5.56. The number of benzene rings is 1. The van der Waals surface area contributed by atoms with Crippen LogP contribution in [0.15, 0.2) is 42.6 Å². The fourth-order valence-electron chi connectivity index (χ4n) is 2.72. The van der Waals surface area contributed by atoms with Crippen LogP contribution in [0.25, 0.3) is 10.9 Å². The van der Waals surface area contributed by atoms with Crippen LogP contribution in [0.4, 0.5) is 0 Å². The molecule has 7 nitrogen and oxygen atoms in total. The van der Waals surface area contributed by atoms with E-state index in [0.717, 1.165) is 10.9 Å². The summed E-state index contributed by atoms with van der Waals surface area (Å²) in [6.45, 7) is 2.07. The van der Waals surface area contributed by atoms with Crippen molar-refractivity contribution in [1.29, 1.82) is 0 Å². The predicted molar refractivity (Wildman–Crippen MR) is 96.6 cm³/mol. The molecule has 0 spiro atoms. The van der Waals surface area contributed by atoms with E-state index in [9.17, 15) is 9.59 Å². The number of nitrogens with zero attached hydrogens (tertiary/aromatic N) is 2. The van der Waals surface area contributed by atoms with Crippen molar-refractivity contribution >= 4 is 22.8 Å². The van der Waals surface area contributed by atoms with Gasteiger partial charge in [-0.3, -0.25) is 9.78 Å². The number of aryl methyl sites for hydroxylation is 1. The van der Waals surface area contributed by atoms with E-state index in [-0.39, 0.29) is 17.6 Å². The molecule has 0 fully saturated rings. The number of amides is 1. The molecule has 1 aromatic carbocycles. The van der Waals surface area contributed by atoms with Crippen molar-refractivity contribution in [3.05, 3.63) is 54.0 Å². The van der Waals surface area contributed by atoms with Crippen LogP contribution in [-0.2, 0) is 11.8 Å². The highest BCUT2D eigenvalue weighted by molar-refractivity contribution is 5.97. The van der Waals surface area contributed by atoms with E-state index >= 15 is 0 Å². The van der Waals surface area contributed by atoms with Crippen LogP contribution in [-0.4, -0.2) is 35.1 Å². The summed E-state index contributed by atoms with van der Waals surface area (Å²) in [6, 6.07) is 10.5. The Hall–Kier alpha value is -3.35. The number of nitrogens with one attached hydrogen (secondary N) is 1. The van der Waals surface area contributed by atoms with Crippen LogP contribution in [0.3, 0.4) is 0 Å². The molecule has 0 radical (unpaired) electrons. The number of carbonyl (C=O) groups excluding carboxylic acids is 2. The van der Waals surface area contributed by atoms with Crippen molar-refractivity contribution < 1.29 is 19.1 Å². The first-order valence-corrected chi connectivity index (χ1v) is 8.16. The average Bonchev–Trinajstić information content (AvgIpc) is 2.99. The summed E-state index contributed by atoms with van der Waals surface area (Å²) in [5.74, 6) is 0.361. The molecule has 0 saturated carbocycles. The van der Waals surface area contributed by atoms with Gasteiger partial charge in [0.05, 0.1) is 12.1 Å². The van der Waals surface area contributed by atoms with Crippen LogP contribution in [0.2, 0.25) is 0 Å². The number of aromatic nitrogens is 2. The maximum absolute atomic E-state index is 12.1. The van der Waals surface area contributed by atoms with Gasteiger partial charge < -0.3 is 19.4 Å². The number of rotatable bonds is 5. The maximum atomic E-state index is 12.1. The Balaban J connectivity index is 2.01. The summed E-state index contributed by atoms with van der Waals surface area (Å²) >= 11 is 0. The fraction of sp³-hybridized carbons (Fsp3) is 0.211. The quantitative estimate of drug-likeness (QED) is 0.713. The molecular formula is C19H19N3O4. The van der Waals surface area contributed by atoms with Crippen LogP contribution in [0.5, 0.6) is 11.5 Å². The maximum Gasteiger partial charge on any atom is 0.354 e. The number of para-hydroxylation sites is 1. The minimum absolute atomic E-state index is 0.260. The summed E-state index contributed by atoms with van der Waals surface area (Å²) in [5.41, 5.74) is 1.46. The highest BCUT2D eigenvalue weighted by Crippen LogP contribution is 2.32. The molecule has 7 heteroatoms. The third kappa shape index (κ3) is 3.23. The Morgan fingerprint density at radius 3 is 2.77 bits per heavy atom. The molecule has 3 rings (SSSR count). The van der Waals surface area contributed by atoms with Gasteiger partial charge in [0.15, 0.2) is 5.75 Å². The van der Waals surface area contributed by atoms with Gasteiger partial charge >= 0.3 is 5.97 Å². The first-order valence-electron chi connectivity index (χ1n) is 8.16. The number of carbonyl (C=O) groups is 2. The van der Waals surface area contributed by atoms with E-state index in [1.165, 1.54) is 6.20 Å². The normalized spacial score (nSPS) is 10.6. The number of fused-ring (bicyclic) bond motifs is 1. The highest BCUT2D eigenvalue weighted by Gasteiger charge is 2.17. The molecule has 134 valence electrons. The van der Waals surface area contributed by atoms with Crippen molar-refractivity contribution in [2.45, 2.75) is 6.92 Å². The van der Waals surface area contributed by atoms with Gasteiger partial charge in [-0.2, -0.15) is 0 Å². The molecule has 0 aliphatic rings. The lowest BCUT2D eigenvalue weighted by Crippen LogP contribution is -2.18. The van der Waals surface area contributed by atoms with Gasteiger partial charge in [-0.1, -0.05) is 12.1 Å². The molecule has 1 amide bonds. The third-order valence-electron chi connectivity index (χ3n) is 3.92. The second-order valence-electron chi connectivity index (χ2n) is 5.56. The fourth-order valence-corrected chi connectivity index (χ4v) is 2.72. The summed E-state index contributed by atoms with van der Waals surface area (Å²) in [7, 11) is 3.32. The monoisotopic (exact) mass is 353 g/mol. The number of hydrogen-bond donors (Lipinski definition) is 1. The lowest BCUT2D eigenvalue weighted by molar-refractivity contribution is 0.0515. The van der Waals surface area contributed by atoms with E-state index < -0.39 is 0 Å². The van der Waals surface area contributed by atoms with E-state index in [4.69, 9.17) is 9.47 Å². The van der Waals surface area contributed by atoms with Crippen molar-refractivity contribution in [3.8, 4) is 11.5 Å². The molecule has 0 bridgehead atoms. The van der Waals surface area contributed by atoms with Gasteiger partial charge in [0.25, 0.3) is 5.91 Å². The predicted octanol–water partition coefficient (Wildman–Crippen LogP) is 2.90. The molecule has 0 unspecified atom stereocenters. The molecular weight excluding hydrogens is 334 g/mol. The van der Waals surface area contributed by atoms with Gasteiger partial charge in [0, 0.05) is 31.7 Å². The van der Waals surface area contributed by atoms with Crippen LogP contribution >= 0.6 is 0 Å². The van der Waals surface area contributed by atoms with E-state index in [1.807, 2.05) is 12.1 Å². The summed E-state index contributed by atoms with van der Waals surface area (Å²) in [4.78, 5) is 27.9. The molecule has 3 aromatic rings. The Morgan fingerprint density at radius 1 is 1.23 bits per heavy atom. The lowest BCUT2D eigenvalue weighted by atomic mass is 10.2. The second kappa shape index (κ2) is 7.26. The van der Waals surface area contributed by atoms with Gasteiger partial charge in [-0.15, -0.1) is 0 Å². The third-order valence-corrected chi connectivity index (χ3v) is 3.92. The van der Waals surface area contributed by atoms with Gasteiger partial charge in [0.1, 0.15) is 17.1 Å². The lowest BCUT2D eigenvalue weighted by Gasteiger charge is -2.10. The van der Waals surface area contributed by atoms with E-state index in [0.29, 0.717) is 23.8 Å². The number of esters is 1. The number of pyridine rings is 1. The molecule has 0 saturated heterocycles. The van der Waals surface area contributed by atoms with Crippen molar-refractivity contribution in [3.63, 3.8) is 0 Å². The van der Waals surface area contributed by atoms with Crippen molar-refractivity contribution in [2.75, 3.05) is 13.7 Å². The Morgan fingerprint density at radius 2 is 2.04 bits per heavy atom. The first-order chi connectivity index (χ1) is 12.5. The standard InChI is InChI=1S/C19H19N3O4/c1-4-25-19(24)15-10-12-6-5-7-16(17(12)22(15)3)26-13-8-9-21-14(11-13)18(23)20-2/h5-11H,4H2,1-3H3,(H,20,23). The molecule has 2 aromatic heterocycles. The topological polar surface area (TPSA) is 82.5 Å². The Kier molecular flexibility index (Phi) is 4.88. The number of hydrogen-bond acceptors (Lipinski definition) is 5. The Bertz CT molecular complexity index is 978. The Labute approximate surface area is 150 Å². The molecule has 26 heavy (non-hydrogen) atoms. The van der Waals surface area contributed by atoms with Crippen LogP contribution in [0.1, 0.15) is 27.9 Å². The molecule has 0 aliphatic heterocycles.